The number of hydrogen-bond donors (Lipinski definition) is 2. The standard InChI is InChI=1S/C33H29F4N3O5/c1-43-32(42)22-10-12-28(29(16-22)38-18-25-13-14-44-25)39-30(41)15-20-5-7-21(8-6-20)27-3-2-4-31(40-27)45-19-23-9-11-24(17-26(23)34)33(35,36)37/h2-12,16-17,25,38H,13-15,18-19H2,1H3,(H,39,41)/t25-/m0/s1. The number of ether oxygens (including phenoxy) is 3. The van der Waals surface area contributed by atoms with Crippen LogP contribution in [0.1, 0.15) is 33.5 Å². The van der Waals surface area contributed by atoms with Crippen LogP contribution in [-0.4, -0.2) is 43.2 Å². The van der Waals surface area contributed by atoms with Crippen molar-refractivity contribution in [3.05, 3.63) is 107 Å². The number of rotatable bonds is 11. The molecular weight excluding hydrogens is 594 g/mol. The van der Waals surface area contributed by atoms with E-state index >= 15 is 0 Å². The number of nitrogens with zero attached hydrogens (tertiary/aromatic N) is 1. The van der Waals surface area contributed by atoms with Gasteiger partial charge in [-0.3, -0.25) is 4.79 Å². The van der Waals surface area contributed by atoms with Crippen LogP contribution in [0.2, 0.25) is 0 Å². The van der Waals surface area contributed by atoms with Gasteiger partial charge in [0.05, 0.1) is 47.8 Å². The lowest BCUT2D eigenvalue weighted by Gasteiger charge is -2.27. The highest BCUT2D eigenvalue weighted by Crippen LogP contribution is 2.31. The van der Waals surface area contributed by atoms with Crippen molar-refractivity contribution in [2.24, 2.45) is 0 Å². The summed E-state index contributed by atoms with van der Waals surface area (Å²) < 4.78 is 68.4. The molecule has 1 amide bonds. The highest BCUT2D eigenvalue weighted by molar-refractivity contribution is 5.98. The second-order valence-corrected chi connectivity index (χ2v) is 10.3. The molecule has 12 heteroatoms. The third-order valence-corrected chi connectivity index (χ3v) is 7.12. The van der Waals surface area contributed by atoms with Crippen molar-refractivity contribution in [3.63, 3.8) is 0 Å². The van der Waals surface area contributed by atoms with Crippen LogP contribution >= 0.6 is 0 Å². The first-order chi connectivity index (χ1) is 21.6. The average molecular weight is 624 g/mol. The molecule has 45 heavy (non-hydrogen) atoms. The average Bonchev–Trinajstić information content (AvgIpc) is 3.00. The van der Waals surface area contributed by atoms with Gasteiger partial charge in [-0.1, -0.05) is 36.4 Å². The van der Waals surface area contributed by atoms with Gasteiger partial charge in [-0.05, 0) is 48.4 Å². The molecule has 0 radical (unpaired) electrons. The number of methoxy groups -OCH3 is 1. The monoisotopic (exact) mass is 623 g/mol. The normalized spacial score (nSPS) is 14.3. The Balaban J connectivity index is 1.20. The van der Waals surface area contributed by atoms with Crippen LogP contribution in [0.25, 0.3) is 11.3 Å². The number of esters is 1. The second kappa shape index (κ2) is 13.8. The van der Waals surface area contributed by atoms with Crippen molar-refractivity contribution in [1.82, 2.24) is 4.98 Å². The minimum absolute atomic E-state index is 0.0347. The van der Waals surface area contributed by atoms with Gasteiger partial charge in [0.15, 0.2) is 0 Å². The Kier molecular flexibility index (Phi) is 9.62. The molecule has 0 aliphatic carbocycles. The summed E-state index contributed by atoms with van der Waals surface area (Å²) in [5.74, 6) is -1.60. The molecule has 5 rings (SSSR count). The van der Waals surface area contributed by atoms with Crippen LogP contribution in [0.15, 0.2) is 78.9 Å². The van der Waals surface area contributed by atoms with Crippen LogP contribution in [0.3, 0.4) is 0 Å². The van der Waals surface area contributed by atoms with Gasteiger partial charge < -0.3 is 24.8 Å². The molecule has 0 unspecified atom stereocenters. The molecule has 2 heterocycles. The number of anilines is 2. The summed E-state index contributed by atoms with van der Waals surface area (Å²) in [6, 6.07) is 19.3. The van der Waals surface area contributed by atoms with Gasteiger partial charge in [0.2, 0.25) is 11.8 Å². The maximum Gasteiger partial charge on any atom is 0.416 e. The number of aromatic nitrogens is 1. The van der Waals surface area contributed by atoms with Crippen LogP contribution in [-0.2, 0) is 33.5 Å². The van der Waals surface area contributed by atoms with Gasteiger partial charge >= 0.3 is 12.1 Å². The van der Waals surface area contributed by atoms with Gasteiger partial charge in [0.1, 0.15) is 12.4 Å². The molecule has 234 valence electrons. The van der Waals surface area contributed by atoms with Crippen molar-refractivity contribution in [2.45, 2.75) is 31.7 Å². The Bertz CT molecular complexity index is 1670. The first-order valence-electron chi connectivity index (χ1n) is 14.0. The van der Waals surface area contributed by atoms with E-state index in [9.17, 15) is 27.2 Å². The zero-order valence-electron chi connectivity index (χ0n) is 24.1. The first kappa shape index (κ1) is 31.5. The van der Waals surface area contributed by atoms with Gasteiger partial charge in [-0.15, -0.1) is 0 Å². The molecule has 1 aromatic heterocycles. The largest absolute Gasteiger partial charge is 0.473 e. The maximum absolute atomic E-state index is 14.2. The fourth-order valence-electron chi connectivity index (χ4n) is 4.54. The van der Waals surface area contributed by atoms with E-state index in [-0.39, 0.29) is 36.5 Å². The summed E-state index contributed by atoms with van der Waals surface area (Å²) in [6.45, 7) is 0.936. The number of carbonyl (C=O) groups is 2. The summed E-state index contributed by atoms with van der Waals surface area (Å²) in [7, 11) is 1.30. The van der Waals surface area contributed by atoms with E-state index in [1.165, 1.54) is 7.11 Å². The SMILES string of the molecule is COC(=O)c1ccc(NC(=O)Cc2ccc(-c3cccc(OCc4ccc(C(F)(F)F)cc4F)n3)cc2)c(NC[C@@H]2CCO2)c1. The predicted octanol–water partition coefficient (Wildman–Crippen LogP) is 6.65. The summed E-state index contributed by atoms with van der Waals surface area (Å²) in [6.07, 6.45) is -3.56. The summed E-state index contributed by atoms with van der Waals surface area (Å²) in [5.41, 5.74) is 2.35. The Labute approximate surface area is 256 Å². The van der Waals surface area contributed by atoms with E-state index < -0.39 is 23.5 Å². The van der Waals surface area contributed by atoms with Crippen molar-refractivity contribution in [2.75, 3.05) is 30.9 Å². The fraction of sp³-hybridized carbons (Fsp3) is 0.242. The second-order valence-electron chi connectivity index (χ2n) is 10.3. The molecule has 1 saturated heterocycles. The van der Waals surface area contributed by atoms with Crippen LogP contribution < -0.4 is 15.4 Å². The molecule has 2 N–H and O–H groups in total. The predicted molar refractivity (Wildman–Crippen MR) is 158 cm³/mol. The zero-order chi connectivity index (χ0) is 32.0. The van der Waals surface area contributed by atoms with Gasteiger partial charge in [0.25, 0.3) is 0 Å². The zero-order valence-corrected chi connectivity index (χ0v) is 24.1. The van der Waals surface area contributed by atoms with E-state index in [0.29, 0.717) is 41.9 Å². The van der Waals surface area contributed by atoms with Crippen molar-refractivity contribution < 1.29 is 41.4 Å². The number of alkyl halides is 3. The molecule has 1 aliphatic heterocycles. The Hall–Kier alpha value is -4.97. The molecule has 1 aliphatic rings. The Morgan fingerprint density at radius 1 is 1.00 bits per heavy atom. The smallest absolute Gasteiger partial charge is 0.416 e. The molecular formula is C33H29F4N3O5. The minimum Gasteiger partial charge on any atom is -0.473 e. The lowest BCUT2D eigenvalue weighted by atomic mass is 10.1. The molecule has 4 aromatic rings. The van der Waals surface area contributed by atoms with E-state index in [2.05, 4.69) is 15.6 Å². The number of pyridine rings is 1. The number of carbonyl (C=O) groups excluding carboxylic acids is 2. The lowest BCUT2D eigenvalue weighted by molar-refractivity contribution is -0.137. The highest BCUT2D eigenvalue weighted by atomic mass is 19.4. The summed E-state index contributed by atoms with van der Waals surface area (Å²) >= 11 is 0. The van der Waals surface area contributed by atoms with Crippen molar-refractivity contribution in [3.8, 4) is 17.1 Å². The third kappa shape index (κ3) is 8.15. The number of amides is 1. The number of hydrogen-bond acceptors (Lipinski definition) is 7. The fourth-order valence-corrected chi connectivity index (χ4v) is 4.54. The summed E-state index contributed by atoms with van der Waals surface area (Å²) in [5, 5.41) is 6.13. The summed E-state index contributed by atoms with van der Waals surface area (Å²) in [4.78, 5) is 29.4. The molecule has 8 nitrogen and oxygen atoms in total. The minimum atomic E-state index is -4.64. The van der Waals surface area contributed by atoms with Crippen LogP contribution in [0.4, 0.5) is 28.9 Å². The van der Waals surface area contributed by atoms with Crippen LogP contribution in [0.5, 0.6) is 5.88 Å². The molecule has 1 atom stereocenters. The number of halogens is 4. The molecule has 3 aromatic carbocycles. The molecule has 0 bridgehead atoms. The maximum atomic E-state index is 14.2. The Morgan fingerprint density at radius 2 is 1.78 bits per heavy atom. The number of benzene rings is 3. The van der Waals surface area contributed by atoms with Crippen molar-refractivity contribution in [1.29, 1.82) is 0 Å². The molecule has 0 spiro atoms. The molecule has 0 saturated carbocycles. The number of nitrogens with one attached hydrogen (secondary N) is 2. The topological polar surface area (TPSA) is 98.8 Å². The Morgan fingerprint density at radius 3 is 2.44 bits per heavy atom. The van der Waals surface area contributed by atoms with Crippen LogP contribution in [0, 0.1) is 5.82 Å². The quantitative estimate of drug-likeness (QED) is 0.143. The van der Waals surface area contributed by atoms with Gasteiger partial charge in [-0.25, -0.2) is 14.2 Å². The lowest BCUT2D eigenvalue weighted by Crippen LogP contribution is -2.33. The van der Waals surface area contributed by atoms with E-state index in [4.69, 9.17) is 14.2 Å². The third-order valence-electron chi connectivity index (χ3n) is 7.12. The van der Waals surface area contributed by atoms with Crippen molar-refractivity contribution >= 4 is 23.3 Å². The van der Waals surface area contributed by atoms with E-state index in [1.54, 1.807) is 60.7 Å². The van der Waals surface area contributed by atoms with Gasteiger partial charge in [0, 0.05) is 30.3 Å². The highest BCUT2D eigenvalue weighted by Gasteiger charge is 2.31. The van der Waals surface area contributed by atoms with E-state index in [1.807, 2.05) is 0 Å². The van der Waals surface area contributed by atoms with E-state index in [0.717, 1.165) is 29.7 Å². The first-order valence-corrected chi connectivity index (χ1v) is 14.0. The molecule has 1 fully saturated rings. The van der Waals surface area contributed by atoms with Gasteiger partial charge in [-0.2, -0.15) is 13.2 Å².